The number of rotatable bonds is 2. The molecule has 0 rings (SSSR count). The third-order valence-electron chi connectivity index (χ3n) is 0.518. The van der Waals surface area contributed by atoms with Gasteiger partial charge in [0.2, 0.25) is 5.91 Å². The molecule has 0 saturated carbocycles. The van der Waals surface area contributed by atoms with Gasteiger partial charge in [0.05, 0.1) is 6.54 Å². The number of thiol groups is 1. The van der Waals surface area contributed by atoms with Crippen molar-refractivity contribution in [1.29, 1.82) is 0 Å². The molecule has 0 aromatic rings. The van der Waals surface area contributed by atoms with Gasteiger partial charge in [-0.15, -0.1) is 0 Å². The van der Waals surface area contributed by atoms with Gasteiger partial charge in [0.1, 0.15) is 0 Å². The molecule has 3 nitrogen and oxygen atoms in total. The van der Waals surface area contributed by atoms with Crippen LogP contribution in [0.2, 0.25) is 0 Å². The molecule has 42 valence electrons. The summed E-state index contributed by atoms with van der Waals surface area (Å²) in [6.45, 7) is 0.264. The summed E-state index contributed by atoms with van der Waals surface area (Å²) in [5, 5.41) is 2.42. The van der Waals surface area contributed by atoms with Crippen LogP contribution in [0.25, 0.3) is 0 Å². The molecule has 0 aliphatic rings. The summed E-state index contributed by atoms with van der Waals surface area (Å²) in [7, 11) is 1.58. The lowest BCUT2D eigenvalue weighted by Crippen LogP contribution is -2.26. The van der Waals surface area contributed by atoms with Gasteiger partial charge in [-0.05, 0) is 0 Å². The molecule has 0 aromatic heterocycles. The standard InChI is InChI=1S/C3H8N2OS/c1-4-3(6)2-5-7/h5,7H,2H2,1H3,(H,4,6). The Bertz CT molecular complexity index is 66.0. The van der Waals surface area contributed by atoms with Crippen LogP contribution < -0.4 is 10.0 Å². The van der Waals surface area contributed by atoms with Crippen LogP contribution in [0.5, 0.6) is 0 Å². The summed E-state index contributed by atoms with van der Waals surface area (Å²) < 4.78 is 2.40. The zero-order valence-electron chi connectivity index (χ0n) is 4.06. The minimum absolute atomic E-state index is 0.0602. The van der Waals surface area contributed by atoms with E-state index < -0.39 is 0 Å². The van der Waals surface area contributed by atoms with E-state index in [2.05, 4.69) is 22.9 Å². The molecule has 0 aliphatic carbocycles. The lowest BCUT2D eigenvalue weighted by atomic mass is 10.6. The average molecular weight is 120 g/mol. The number of amides is 1. The number of likely N-dealkylation sites (N-methyl/N-ethyl adjacent to an activating group) is 1. The summed E-state index contributed by atoms with van der Waals surface area (Å²) in [6, 6.07) is 0. The van der Waals surface area contributed by atoms with Crippen molar-refractivity contribution in [2.24, 2.45) is 0 Å². The Morgan fingerprint density at radius 2 is 2.43 bits per heavy atom. The second kappa shape index (κ2) is 3.95. The zero-order valence-corrected chi connectivity index (χ0v) is 4.96. The van der Waals surface area contributed by atoms with Crippen LogP contribution >= 0.6 is 12.8 Å². The van der Waals surface area contributed by atoms with Gasteiger partial charge in [0.25, 0.3) is 0 Å². The van der Waals surface area contributed by atoms with Crippen LogP contribution in [-0.4, -0.2) is 19.5 Å². The first kappa shape index (κ1) is 6.78. The Hall–Kier alpha value is -0.220. The van der Waals surface area contributed by atoms with Crippen LogP contribution in [0.4, 0.5) is 0 Å². The van der Waals surface area contributed by atoms with Gasteiger partial charge >= 0.3 is 0 Å². The minimum atomic E-state index is -0.0602. The fraction of sp³-hybridized carbons (Fsp3) is 0.667. The van der Waals surface area contributed by atoms with Gasteiger partial charge in [-0.2, -0.15) is 0 Å². The highest BCUT2D eigenvalue weighted by molar-refractivity contribution is 7.78. The Morgan fingerprint density at radius 1 is 1.86 bits per heavy atom. The van der Waals surface area contributed by atoms with E-state index in [0.29, 0.717) is 0 Å². The third-order valence-corrected chi connectivity index (χ3v) is 0.677. The molecule has 1 amide bonds. The van der Waals surface area contributed by atoms with Gasteiger partial charge in [-0.25, -0.2) is 0 Å². The number of carbonyl (C=O) groups excluding carboxylic acids is 1. The lowest BCUT2D eigenvalue weighted by molar-refractivity contribution is -0.119. The third kappa shape index (κ3) is 3.61. The molecule has 0 bridgehead atoms. The summed E-state index contributed by atoms with van der Waals surface area (Å²) in [5.41, 5.74) is 0. The Kier molecular flexibility index (Phi) is 3.83. The van der Waals surface area contributed by atoms with Gasteiger partial charge in [0.15, 0.2) is 0 Å². The molecular weight excluding hydrogens is 112 g/mol. The summed E-state index contributed by atoms with van der Waals surface area (Å²) in [6.07, 6.45) is 0. The Labute approximate surface area is 48.0 Å². The molecular formula is C3H8N2OS. The van der Waals surface area contributed by atoms with E-state index in [1.165, 1.54) is 0 Å². The van der Waals surface area contributed by atoms with Crippen molar-refractivity contribution in [2.45, 2.75) is 0 Å². The summed E-state index contributed by atoms with van der Waals surface area (Å²) >= 11 is 3.60. The molecule has 0 aliphatic heterocycles. The van der Waals surface area contributed by atoms with Crippen LogP contribution in [0.15, 0.2) is 0 Å². The van der Waals surface area contributed by atoms with Crippen LogP contribution in [0.1, 0.15) is 0 Å². The molecule has 0 radical (unpaired) electrons. The molecule has 4 heteroatoms. The maximum absolute atomic E-state index is 10.2. The fourth-order valence-corrected chi connectivity index (χ4v) is 0.304. The van der Waals surface area contributed by atoms with Gasteiger partial charge in [0, 0.05) is 7.05 Å². The Morgan fingerprint density at radius 3 is 2.57 bits per heavy atom. The van der Waals surface area contributed by atoms with Crippen molar-refractivity contribution in [3.63, 3.8) is 0 Å². The van der Waals surface area contributed by atoms with Crippen molar-refractivity contribution in [2.75, 3.05) is 13.6 Å². The molecule has 0 heterocycles. The number of carbonyl (C=O) groups is 1. The highest BCUT2D eigenvalue weighted by Gasteiger charge is 1.89. The van der Waals surface area contributed by atoms with E-state index in [-0.39, 0.29) is 12.5 Å². The monoisotopic (exact) mass is 120 g/mol. The highest BCUT2D eigenvalue weighted by atomic mass is 32.1. The fourth-order valence-electron chi connectivity index (χ4n) is 0.160. The molecule has 0 unspecified atom stereocenters. The second-order valence-electron chi connectivity index (χ2n) is 1.01. The second-order valence-corrected chi connectivity index (χ2v) is 1.32. The predicted octanol–water partition coefficient (Wildman–Crippen LogP) is -0.833. The van der Waals surface area contributed by atoms with Gasteiger partial charge in [-0.1, -0.05) is 12.8 Å². The van der Waals surface area contributed by atoms with Crippen LogP contribution in [0.3, 0.4) is 0 Å². The number of nitrogens with one attached hydrogen (secondary N) is 2. The van der Waals surface area contributed by atoms with Crippen molar-refractivity contribution in [3.8, 4) is 0 Å². The summed E-state index contributed by atoms with van der Waals surface area (Å²) in [5.74, 6) is -0.0602. The molecule has 0 spiro atoms. The number of hydrogen-bond acceptors (Lipinski definition) is 3. The molecule has 0 saturated heterocycles. The number of hydrogen-bond donors (Lipinski definition) is 3. The molecule has 7 heavy (non-hydrogen) atoms. The normalized spacial score (nSPS) is 8.29. The topological polar surface area (TPSA) is 41.1 Å². The lowest BCUT2D eigenvalue weighted by Gasteiger charge is -1.92. The van der Waals surface area contributed by atoms with Gasteiger partial charge < -0.3 is 5.32 Å². The molecule has 0 atom stereocenters. The van der Waals surface area contributed by atoms with E-state index in [1.807, 2.05) is 0 Å². The summed E-state index contributed by atoms with van der Waals surface area (Å²) in [4.78, 5) is 10.2. The van der Waals surface area contributed by atoms with Crippen molar-refractivity contribution >= 4 is 18.7 Å². The molecule has 2 N–H and O–H groups in total. The highest BCUT2D eigenvalue weighted by Crippen LogP contribution is 1.60. The van der Waals surface area contributed by atoms with E-state index in [9.17, 15) is 4.79 Å². The average Bonchev–Trinajstić information content (AvgIpc) is 1.68. The first-order valence-corrected chi connectivity index (χ1v) is 2.33. The van der Waals surface area contributed by atoms with Crippen molar-refractivity contribution in [1.82, 2.24) is 10.0 Å². The van der Waals surface area contributed by atoms with Crippen LogP contribution in [-0.2, 0) is 4.79 Å². The Balaban J connectivity index is 3.00. The quantitative estimate of drug-likeness (QED) is 0.416. The largest absolute Gasteiger partial charge is 0.358 e. The van der Waals surface area contributed by atoms with E-state index in [0.717, 1.165) is 0 Å². The smallest absolute Gasteiger partial charge is 0.234 e. The van der Waals surface area contributed by atoms with Crippen molar-refractivity contribution < 1.29 is 4.79 Å². The van der Waals surface area contributed by atoms with E-state index >= 15 is 0 Å². The van der Waals surface area contributed by atoms with Crippen LogP contribution in [0, 0.1) is 0 Å². The predicted molar refractivity (Wildman–Crippen MR) is 31.1 cm³/mol. The maximum atomic E-state index is 10.2. The minimum Gasteiger partial charge on any atom is -0.358 e. The SMILES string of the molecule is CNC(=O)CNS. The first-order chi connectivity index (χ1) is 3.31. The van der Waals surface area contributed by atoms with Crippen molar-refractivity contribution in [3.05, 3.63) is 0 Å². The zero-order chi connectivity index (χ0) is 5.70. The molecule has 0 aromatic carbocycles. The van der Waals surface area contributed by atoms with Gasteiger partial charge in [-0.3, -0.25) is 9.52 Å². The molecule has 0 fully saturated rings. The maximum Gasteiger partial charge on any atom is 0.234 e. The van der Waals surface area contributed by atoms with E-state index in [4.69, 9.17) is 0 Å². The first-order valence-electron chi connectivity index (χ1n) is 1.88. The van der Waals surface area contributed by atoms with E-state index in [1.54, 1.807) is 7.05 Å².